The number of nitrogens with one attached hydrogen (secondary N) is 1. The van der Waals surface area contributed by atoms with Crippen LogP contribution in [0.5, 0.6) is 0 Å². The number of halogens is 3. The standard InChI is InChI=1S/C11H10F3NO/c1-7(15)6-10(16)8-2-4-9(5-3-8)11(12,13)14/h2-5,15H,6H2,1H3. The van der Waals surface area contributed by atoms with Crippen molar-refractivity contribution in [1.82, 2.24) is 0 Å². The van der Waals surface area contributed by atoms with Crippen LogP contribution in [0.25, 0.3) is 0 Å². The van der Waals surface area contributed by atoms with E-state index in [-0.39, 0.29) is 23.5 Å². The zero-order valence-electron chi connectivity index (χ0n) is 8.56. The first-order valence-corrected chi connectivity index (χ1v) is 4.55. The van der Waals surface area contributed by atoms with Crippen LogP contribution < -0.4 is 0 Å². The highest BCUT2D eigenvalue weighted by Gasteiger charge is 2.30. The number of carbonyl (C=O) groups excluding carboxylic acids is 1. The van der Waals surface area contributed by atoms with E-state index in [1.807, 2.05) is 0 Å². The SMILES string of the molecule is CC(=N)CC(=O)c1ccc(C(F)(F)F)cc1. The predicted octanol–water partition coefficient (Wildman–Crippen LogP) is 3.32. The Kier molecular flexibility index (Phi) is 3.47. The van der Waals surface area contributed by atoms with Crippen molar-refractivity contribution in [1.29, 1.82) is 5.41 Å². The van der Waals surface area contributed by atoms with E-state index in [0.717, 1.165) is 24.3 Å². The summed E-state index contributed by atoms with van der Waals surface area (Å²) in [6.07, 6.45) is -4.45. The number of rotatable bonds is 3. The molecule has 5 heteroatoms. The Labute approximate surface area is 90.6 Å². The molecular formula is C11H10F3NO. The maximum Gasteiger partial charge on any atom is 0.416 e. The van der Waals surface area contributed by atoms with Crippen LogP contribution in [-0.4, -0.2) is 11.5 Å². The van der Waals surface area contributed by atoms with E-state index in [0.29, 0.717) is 0 Å². The number of Topliss-reactive ketones (excluding diaryl/α,β-unsaturated/α-hetero) is 1. The van der Waals surface area contributed by atoms with Crippen molar-refractivity contribution in [2.75, 3.05) is 0 Å². The van der Waals surface area contributed by atoms with Crippen LogP contribution in [0.4, 0.5) is 13.2 Å². The van der Waals surface area contributed by atoms with Gasteiger partial charge in [0.2, 0.25) is 0 Å². The molecule has 0 spiro atoms. The van der Waals surface area contributed by atoms with Gasteiger partial charge in [-0.25, -0.2) is 0 Å². The lowest BCUT2D eigenvalue weighted by atomic mass is 10.0. The van der Waals surface area contributed by atoms with E-state index < -0.39 is 11.7 Å². The molecule has 1 aromatic carbocycles. The van der Waals surface area contributed by atoms with Gasteiger partial charge < -0.3 is 5.41 Å². The Morgan fingerprint density at radius 1 is 1.25 bits per heavy atom. The molecule has 0 radical (unpaired) electrons. The number of carbonyl (C=O) groups is 1. The minimum absolute atomic E-state index is 0.0641. The molecule has 86 valence electrons. The molecule has 16 heavy (non-hydrogen) atoms. The first-order chi connectivity index (χ1) is 7.30. The number of benzene rings is 1. The number of hydrogen-bond acceptors (Lipinski definition) is 2. The minimum atomic E-state index is -4.39. The number of ketones is 1. The summed E-state index contributed by atoms with van der Waals surface area (Å²) >= 11 is 0. The highest BCUT2D eigenvalue weighted by molar-refractivity contribution is 6.08. The third-order valence-corrected chi connectivity index (χ3v) is 1.96. The lowest BCUT2D eigenvalue weighted by molar-refractivity contribution is -0.137. The summed E-state index contributed by atoms with van der Waals surface area (Å²) in [4.78, 5) is 11.4. The van der Waals surface area contributed by atoms with Crippen molar-refractivity contribution in [3.63, 3.8) is 0 Å². The topological polar surface area (TPSA) is 40.9 Å². The van der Waals surface area contributed by atoms with Crippen molar-refractivity contribution in [3.8, 4) is 0 Å². The van der Waals surface area contributed by atoms with E-state index in [2.05, 4.69) is 0 Å². The normalized spacial score (nSPS) is 11.2. The summed E-state index contributed by atoms with van der Waals surface area (Å²) in [5.41, 5.74) is -0.403. The van der Waals surface area contributed by atoms with Crippen molar-refractivity contribution in [3.05, 3.63) is 35.4 Å². The van der Waals surface area contributed by atoms with Gasteiger partial charge in [0.05, 0.1) is 5.56 Å². The second-order valence-corrected chi connectivity index (χ2v) is 3.46. The monoisotopic (exact) mass is 229 g/mol. The maximum atomic E-state index is 12.2. The Balaban J connectivity index is 2.87. The molecule has 0 unspecified atom stereocenters. The van der Waals surface area contributed by atoms with Crippen LogP contribution in [0, 0.1) is 5.41 Å². The van der Waals surface area contributed by atoms with Gasteiger partial charge in [0.1, 0.15) is 0 Å². The quantitative estimate of drug-likeness (QED) is 0.626. The molecule has 0 bridgehead atoms. The average Bonchev–Trinajstić information content (AvgIpc) is 2.15. The fourth-order valence-electron chi connectivity index (χ4n) is 1.19. The second-order valence-electron chi connectivity index (χ2n) is 3.46. The molecule has 0 aliphatic carbocycles. The van der Waals surface area contributed by atoms with Crippen molar-refractivity contribution < 1.29 is 18.0 Å². The zero-order valence-corrected chi connectivity index (χ0v) is 8.56. The zero-order chi connectivity index (χ0) is 12.3. The molecule has 0 saturated heterocycles. The molecule has 0 aromatic heterocycles. The Morgan fingerprint density at radius 2 is 1.75 bits per heavy atom. The van der Waals surface area contributed by atoms with Gasteiger partial charge >= 0.3 is 6.18 Å². The van der Waals surface area contributed by atoms with Crippen LogP contribution in [0.2, 0.25) is 0 Å². The Morgan fingerprint density at radius 3 is 2.12 bits per heavy atom. The van der Waals surface area contributed by atoms with Crippen LogP contribution in [0.1, 0.15) is 29.3 Å². The second kappa shape index (κ2) is 4.47. The molecule has 0 fully saturated rings. The molecule has 0 saturated carbocycles. The fourth-order valence-corrected chi connectivity index (χ4v) is 1.19. The Hall–Kier alpha value is -1.65. The predicted molar refractivity (Wildman–Crippen MR) is 53.8 cm³/mol. The highest BCUT2D eigenvalue weighted by atomic mass is 19.4. The molecular weight excluding hydrogens is 219 g/mol. The van der Waals surface area contributed by atoms with Gasteiger partial charge in [-0.2, -0.15) is 13.2 Å². The minimum Gasteiger partial charge on any atom is -0.310 e. The van der Waals surface area contributed by atoms with Crippen LogP contribution in [0.15, 0.2) is 24.3 Å². The van der Waals surface area contributed by atoms with E-state index in [9.17, 15) is 18.0 Å². The molecule has 0 atom stereocenters. The van der Waals surface area contributed by atoms with Gasteiger partial charge in [-0.1, -0.05) is 12.1 Å². The summed E-state index contributed by atoms with van der Waals surface area (Å²) in [6, 6.07) is 4.00. The van der Waals surface area contributed by atoms with E-state index in [4.69, 9.17) is 5.41 Å². The van der Waals surface area contributed by atoms with Gasteiger partial charge in [0, 0.05) is 17.7 Å². The van der Waals surface area contributed by atoms with Gasteiger partial charge in [0.25, 0.3) is 0 Å². The first-order valence-electron chi connectivity index (χ1n) is 4.55. The molecule has 1 N–H and O–H groups in total. The van der Waals surface area contributed by atoms with Gasteiger partial charge in [-0.3, -0.25) is 4.79 Å². The molecule has 0 aliphatic heterocycles. The molecule has 0 heterocycles. The summed E-state index contributed by atoms with van der Waals surface area (Å²) in [7, 11) is 0. The van der Waals surface area contributed by atoms with E-state index in [1.165, 1.54) is 6.92 Å². The Bertz CT molecular complexity index is 406. The molecule has 1 aromatic rings. The number of alkyl halides is 3. The third kappa shape index (κ3) is 3.18. The summed E-state index contributed by atoms with van der Waals surface area (Å²) in [5.74, 6) is -0.346. The van der Waals surface area contributed by atoms with Crippen LogP contribution >= 0.6 is 0 Å². The lowest BCUT2D eigenvalue weighted by Gasteiger charge is -2.06. The van der Waals surface area contributed by atoms with Crippen LogP contribution in [-0.2, 0) is 6.18 Å². The van der Waals surface area contributed by atoms with Gasteiger partial charge in [0.15, 0.2) is 5.78 Å². The van der Waals surface area contributed by atoms with Gasteiger partial charge in [-0.05, 0) is 19.1 Å². The first kappa shape index (κ1) is 12.4. The van der Waals surface area contributed by atoms with E-state index >= 15 is 0 Å². The highest BCUT2D eigenvalue weighted by Crippen LogP contribution is 2.29. The molecule has 0 amide bonds. The van der Waals surface area contributed by atoms with Gasteiger partial charge in [-0.15, -0.1) is 0 Å². The van der Waals surface area contributed by atoms with Crippen LogP contribution in [0.3, 0.4) is 0 Å². The smallest absolute Gasteiger partial charge is 0.310 e. The lowest BCUT2D eigenvalue weighted by Crippen LogP contribution is -2.07. The maximum absolute atomic E-state index is 12.2. The number of hydrogen-bond donors (Lipinski definition) is 1. The largest absolute Gasteiger partial charge is 0.416 e. The van der Waals surface area contributed by atoms with Crippen molar-refractivity contribution in [2.45, 2.75) is 19.5 Å². The average molecular weight is 229 g/mol. The molecule has 1 rings (SSSR count). The fraction of sp³-hybridized carbons (Fsp3) is 0.273. The summed E-state index contributed by atoms with van der Waals surface area (Å²) in [5, 5.41) is 7.11. The van der Waals surface area contributed by atoms with E-state index in [1.54, 1.807) is 0 Å². The van der Waals surface area contributed by atoms with Crippen molar-refractivity contribution in [2.24, 2.45) is 0 Å². The third-order valence-electron chi connectivity index (χ3n) is 1.96. The summed E-state index contributed by atoms with van der Waals surface area (Å²) < 4.78 is 36.6. The van der Waals surface area contributed by atoms with Crippen molar-refractivity contribution >= 4 is 11.5 Å². The summed E-state index contributed by atoms with van der Waals surface area (Å²) in [6.45, 7) is 1.47. The molecule has 0 aliphatic rings. The molecule has 2 nitrogen and oxygen atoms in total.